The number of rotatable bonds is 8. The van der Waals surface area contributed by atoms with Crippen molar-refractivity contribution in [3.05, 3.63) is 71.4 Å². The van der Waals surface area contributed by atoms with Gasteiger partial charge >= 0.3 is 11.8 Å². The maximum atomic E-state index is 12.1. The Morgan fingerprint density at radius 3 is 2.61 bits per heavy atom. The minimum absolute atomic E-state index is 0.0838. The van der Waals surface area contributed by atoms with Gasteiger partial charge in [0, 0.05) is 6.54 Å². The Hall–Kier alpha value is -3.88. The Kier molecular flexibility index (Phi) is 5.85. The number of ether oxygens (including phenoxy) is 2. The summed E-state index contributed by atoms with van der Waals surface area (Å²) in [4.78, 5) is 27.5. The van der Waals surface area contributed by atoms with E-state index in [9.17, 15) is 9.59 Å². The summed E-state index contributed by atoms with van der Waals surface area (Å²) in [5.74, 6) is -0.113. The Labute approximate surface area is 160 Å². The predicted molar refractivity (Wildman–Crippen MR) is 97.8 cm³/mol. The molecule has 0 radical (unpaired) electrons. The maximum absolute atomic E-state index is 12.1. The normalized spacial score (nSPS) is 10.3. The van der Waals surface area contributed by atoms with Gasteiger partial charge in [0.05, 0.1) is 12.7 Å². The van der Waals surface area contributed by atoms with Crippen LogP contribution in [0.2, 0.25) is 0 Å². The van der Waals surface area contributed by atoms with Crippen LogP contribution in [-0.2, 0) is 13.2 Å². The topological polar surface area (TPSA) is 130 Å². The van der Waals surface area contributed by atoms with Crippen LogP contribution in [0.5, 0.6) is 11.5 Å². The molecule has 3 N–H and O–H groups in total. The summed E-state index contributed by atoms with van der Waals surface area (Å²) in [5.41, 5.74) is 6.42. The van der Waals surface area contributed by atoms with E-state index in [4.69, 9.17) is 19.7 Å². The van der Waals surface area contributed by atoms with Gasteiger partial charge in [0.2, 0.25) is 5.82 Å². The third-order valence-corrected chi connectivity index (χ3v) is 3.78. The van der Waals surface area contributed by atoms with Crippen molar-refractivity contribution in [3.8, 4) is 11.5 Å². The molecule has 0 aliphatic rings. The van der Waals surface area contributed by atoms with Gasteiger partial charge in [-0.25, -0.2) is 0 Å². The zero-order valence-electron chi connectivity index (χ0n) is 15.0. The SMILES string of the molecule is COc1ccc(CNC(=O)c2nc(COc3ccccc3C(N)=O)no2)cc1. The van der Waals surface area contributed by atoms with E-state index in [1.54, 1.807) is 43.5 Å². The number of benzene rings is 2. The highest BCUT2D eigenvalue weighted by atomic mass is 16.5. The smallest absolute Gasteiger partial charge is 0.316 e. The van der Waals surface area contributed by atoms with E-state index in [1.807, 2.05) is 12.1 Å². The molecule has 0 fully saturated rings. The van der Waals surface area contributed by atoms with Crippen LogP contribution < -0.4 is 20.5 Å². The van der Waals surface area contributed by atoms with E-state index >= 15 is 0 Å². The van der Waals surface area contributed by atoms with Gasteiger partial charge < -0.3 is 25.0 Å². The van der Waals surface area contributed by atoms with Gasteiger partial charge in [-0.05, 0) is 29.8 Å². The number of nitrogens with two attached hydrogens (primary N) is 1. The summed E-state index contributed by atoms with van der Waals surface area (Å²) >= 11 is 0. The summed E-state index contributed by atoms with van der Waals surface area (Å²) in [6.07, 6.45) is 0. The summed E-state index contributed by atoms with van der Waals surface area (Å²) in [6, 6.07) is 13.8. The molecular weight excluding hydrogens is 364 g/mol. The fourth-order valence-corrected chi connectivity index (χ4v) is 2.34. The number of carbonyl (C=O) groups is 2. The number of para-hydroxylation sites is 1. The van der Waals surface area contributed by atoms with E-state index in [2.05, 4.69) is 15.5 Å². The van der Waals surface area contributed by atoms with Gasteiger partial charge in [0.1, 0.15) is 11.5 Å². The lowest BCUT2D eigenvalue weighted by Gasteiger charge is -2.06. The molecule has 1 aromatic heterocycles. The number of hydrogen-bond donors (Lipinski definition) is 2. The summed E-state index contributed by atoms with van der Waals surface area (Å²) in [7, 11) is 1.58. The minimum atomic E-state index is -0.609. The van der Waals surface area contributed by atoms with E-state index < -0.39 is 11.8 Å². The number of nitrogens with zero attached hydrogens (tertiary/aromatic N) is 2. The molecule has 0 unspecified atom stereocenters. The molecule has 9 nitrogen and oxygen atoms in total. The first kappa shape index (κ1) is 18.9. The quantitative estimate of drug-likeness (QED) is 0.606. The first-order chi connectivity index (χ1) is 13.6. The average molecular weight is 382 g/mol. The van der Waals surface area contributed by atoms with Crippen molar-refractivity contribution in [1.29, 1.82) is 0 Å². The second kappa shape index (κ2) is 8.67. The molecule has 0 bridgehead atoms. The highest BCUT2D eigenvalue weighted by Gasteiger charge is 2.16. The van der Waals surface area contributed by atoms with Crippen molar-refractivity contribution in [1.82, 2.24) is 15.5 Å². The lowest BCUT2D eigenvalue weighted by atomic mass is 10.2. The molecule has 0 saturated carbocycles. The molecule has 0 aliphatic heterocycles. The van der Waals surface area contributed by atoms with Crippen LogP contribution >= 0.6 is 0 Å². The number of carbonyl (C=O) groups excluding carboxylic acids is 2. The molecule has 2 amide bonds. The molecule has 0 atom stereocenters. The molecule has 3 rings (SSSR count). The molecule has 0 saturated heterocycles. The third kappa shape index (κ3) is 4.64. The first-order valence-corrected chi connectivity index (χ1v) is 8.32. The predicted octanol–water partition coefficient (Wildman–Crippen LogP) is 1.69. The van der Waals surface area contributed by atoms with Crippen molar-refractivity contribution in [2.75, 3.05) is 7.11 Å². The third-order valence-electron chi connectivity index (χ3n) is 3.78. The molecule has 144 valence electrons. The van der Waals surface area contributed by atoms with Gasteiger partial charge in [0.25, 0.3) is 5.91 Å². The number of methoxy groups -OCH3 is 1. The monoisotopic (exact) mass is 382 g/mol. The fourth-order valence-electron chi connectivity index (χ4n) is 2.34. The highest BCUT2D eigenvalue weighted by molar-refractivity contribution is 5.95. The van der Waals surface area contributed by atoms with E-state index in [1.165, 1.54) is 0 Å². The summed E-state index contributed by atoms with van der Waals surface area (Å²) in [5, 5.41) is 6.39. The Balaban J connectivity index is 1.56. The van der Waals surface area contributed by atoms with Crippen LogP contribution in [0.3, 0.4) is 0 Å². The molecule has 28 heavy (non-hydrogen) atoms. The Morgan fingerprint density at radius 1 is 1.14 bits per heavy atom. The van der Waals surface area contributed by atoms with Gasteiger partial charge in [0.15, 0.2) is 6.61 Å². The maximum Gasteiger partial charge on any atom is 0.316 e. The molecule has 0 spiro atoms. The lowest BCUT2D eigenvalue weighted by molar-refractivity contribution is 0.0906. The lowest BCUT2D eigenvalue weighted by Crippen LogP contribution is -2.23. The van der Waals surface area contributed by atoms with Crippen molar-refractivity contribution in [2.24, 2.45) is 5.73 Å². The average Bonchev–Trinajstić information content (AvgIpc) is 3.20. The second-order valence-electron chi connectivity index (χ2n) is 5.70. The molecular formula is C19H18N4O5. The summed E-state index contributed by atoms with van der Waals surface area (Å²) < 4.78 is 15.5. The van der Waals surface area contributed by atoms with Crippen molar-refractivity contribution < 1.29 is 23.6 Å². The van der Waals surface area contributed by atoms with Crippen LogP contribution in [0.4, 0.5) is 0 Å². The molecule has 3 aromatic rings. The van der Waals surface area contributed by atoms with Crippen molar-refractivity contribution >= 4 is 11.8 Å². The fraction of sp³-hybridized carbons (Fsp3) is 0.158. The van der Waals surface area contributed by atoms with Crippen molar-refractivity contribution in [3.63, 3.8) is 0 Å². The van der Waals surface area contributed by atoms with Crippen LogP contribution in [0.15, 0.2) is 53.1 Å². The minimum Gasteiger partial charge on any atom is -0.497 e. The number of hydrogen-bond acceptors (Lipinski definition) is 7. The van der Waals surface area contributed by atoms with E-state index in [0.717, 1.165) is 11.3 Å². The first-order valence-electron chi connectivity index (χ1n) is 8.32. The zero-order chi connectivity index (χ0) is 19.9. The summed E-state index contributed by atoms with van der Waals surface area (Å²) in [6.45, 7) is 0.211. The van der Waals surface area contributed by atoms with Gasteiger partial charge in [-0.1, -0.05) is 29.4 Å². The van der Waals surface area contributed by atoms with Crippen LogP contribution in [0, 0.1) is 0 Å². The molecule has 1 heterocycles. The molecule has 0 aliphatic carbocycles. The van der Waals surface area contributed by atoms with Crippen molar-refractivity contribution in [2.45, 2.75) is 13.2 Å². The standard InChI is InChI=1S/C19H18N4O5/c1-26-13-8-6-12(7-9-13)10-21-18(25)19-22-16(23-28-19)11-27-15-5-3-2-4-14(15)17(20)24/h2-9H,10-11H2,1H3,(H2,20,24)(H,21,25). The van der Waals surface area contributed by atoms with Crippen LogP contribution in [0.25, 0.3) is 0 Å². The molecule has 9 heteroatoms. The largest absolute Gasteiger partial charge is 0.497 e. The Bertz CT molecular complexity index is 968. The number of primary amides is 1. The van der Waals surface area contributed by atoms with E-state index in [0.29, 0.717) is 12.3 Å². The van der Waals surface area contributed by atoms with Gasteiger partial charge in [-0.2, -0.15) is 4.98 Å². The van der Waals surface area contributed by atoms with Gasteiger partial charge in [-0.3, -0.25) is 9.59 Å². The van der Waals surface area contributed by atoms with E-state index in [-0.39, 0.29) is 23.9 Å². The number of amides is 2. The van der Waals surface area contributed by atoms with Gasteiger partial charge in [-0.15, -0.1) is 0 Å². The molecule has 2 aromatic carbocycles. The number of nitrogens with one attached hydrogen (secondary N) is 1. The van der Waals surface area contributed by atoms with Crippen LogP contribution in [0.1, 0.15) is 32.4 Å². The Morgan fingerprint density at radius 2 is 1.89 bits per heavy atom. The number of aromatic nitrogens is 2. The second-order valence-corrected chi connectivity index (χ2v) is 5.70. The van der Waals surface area contributed by atoms with Crippen LogP contribution in [-0.4, -0.2) is 29.1 Å². The highest BCUT2D eigenvalue weighted by Crippen LogP contribution is 2.18. The zero-order valence-corrected chi connectivity index (χ0v) is 15.0.